The quantitative estimate of drug-likeness (QED) is 0.485. The van der Waals surface area contributed by atoms with Gasteiger partial charge in [-0.2, -0.15) is 0 Å². The highest BCUT2D eigenvalue weighted by molar-refractivity contribution is 6.31. The summed E-state index contributed by atoms with van der Waals surface area (Å²) in [5.74, 6) is 0.507. The number of rotatable bonds is 8. The van der Waals surface area contributed by atoms with Crippen molar-refractivity contribution in [1.29, 1.82) is 0 Å². The maximum atomic E-state index is 13.3. The third kappa shape index (κ3) is 5.36. The van der Waals surface area contributed by atoms with Gasteiger partial charge in [-0.15, -0.1) is 0 Å². The molecule has 0 aromatic heterocycles. The fourth-order valence-electron chi connectivity index (χ4n) is 2.60. The summed E-state index contributed by atoms with van der Waals surface area (Å²) in [5.41, 5.74) is 2.56. The highest BCUT2D eigenvalue weighted by Gasteiger charge is 2.08. The van der Waals surface area contributed by atoms with E-state index in [1.54, 1.807) is 24.3 Å². The molecule has 0 aliphatic heterocycles. The number of halogens is 3. The third-order valence-corrected chi connectivity index (χ3v) is 4.32. The zero-order valence-electron chi connectivity index (χ0n) is 15.3. The molecule has 1 N–H and O–H groups in total. The van der Waals surface area contributed by atoms with E-state index in [9.17, 15) is 8.78 Å². The predicted molar refractivity (Wildman–Crippen MR) is 107 cm³/mol. The second-order valence-electron chi connectivity index (χ2n) is 6.11. The van der Waals surface area contributed by atoms with E-state index in [0.29, 0.717) is 31.3 Å². The molecule has 0 spiro atoms. The van der Waals surface area contributed by atoms with Crippen LogP contribution < -0.4 is 14.8 Å². The van der Waals surface area contributed by atoms with Gasteiger partial charge < -0.3 is 14.8 Å². The SMILES string of the molecule is CCOc1cc(CNc2ccc(F)c(Cl)c2)ccc1OCc1ccc(F)cc1. The Bertz CT molecular complexity index is 932. The van der Waals surface area contributed by atoms with E-state index in [2.05, 4.69) is 5.32 Å². The van der Waals surface area contributed by atoms with Crippen molar-refractivity contribution in [2.24, 2.45) is 0 Å². The summed E-state index contributed by atoms with van der Waals surface area (Å²) < 4.78 is 37.8. The second kappa shape index (κ2) is 9.42. The number of anilines is 1. The molecule has 0 aliphatic carbocycles. The lowest BCUT2D eigenvalue weighted by Crippen LogP contribution is -2.03. The van der Waals surface area contributed by atoms with Crippen LogP contribution in [0.2, 0.25) is 5.02 Å². The van der Waals surface area contributed by atoms with Gasteiger partial charge >= 0.3 is 0 Å². The highest BCUT2D eigenvalue weighted by Crippen LogP contribution is 2.30. The standard InChI is InChI=1S/C22H20ClF2NO2/c1-2-27-22-11-16(13-26-18-8-9-20(25)19(23)12-18)5-10-21(22)28-14-15-3-6-17(24)7-4-15/h3-12,26H,2,13-14H2,1H3. The van der Waals surface area contributed by atoms with E-state index in [-0.39, 0.29) is 10.8 Å². The van der Waals surface area contributed by atoms with Crippen molar-refractivity contribution in [3.63, 3.8) is 0 Å². The van der Waals surface area contributed by atoms with Crippen LogP contribution in [0.3, 0.4) is 0 Å². The summed E-state index contributed by atoms with van der Waals surface area (Å²) in [6, 6.07) is 16.3. The minimum atomic E-state index is -0.450. The first-order chi connectivity index (χ1) is 13.5. The van der Waals surface area contributed by atoms with Crippen LogP contribution in [0, 0.1) is 11.6 Å². The maximum Gasteiger partial charge on any atom is 0.161 e. The van der Waals surface area contributed by atoms with Gasteiger partial charge in [0.2, 0.25) is 0 Å². The van der Waals surface area contributed by atoms with Crippen LogP contribution in [0.15, 0.2) is 60.7 Å². The van der Waals surface area contributed by atoms with Gasteiger partial charge in [-0.05, 0) is 60.5 Å². The van der Waals surface area contributed by atoms with Crippen LogP contribution in [0.25, 0.3) is 0 Å². The van der Waals surface area contributed by atoms with E-state index in [1.807, 2.05) is 25.1 Å². The molecular formula is C22H20ClF2NO2. The first-order valence-corrected chi connectivity index (χ1v) is 9.25. The Balaban J connectivity index is 1.67. The molecule has 3 aromatic rings. The molecule has 0 bridgehead atoms. The van der Waals surface area contributed by atoms with Crippen molar-refractivity contribution in [2.45, 2.75) is 20.1 Å². The Morgan fingerprint density at radius 1 is 0.857 bits per heavy atom. The molecule has 0 fully saturated rings. The maximum absolute atomic E-state index is 13.3. The Hall–Kier alpha value is -2.79. The van der Waals surface area contributed by atoms with Crippen molar-refractivity contribution < 1.29 is 18.3 Å². The van der Waals surface area contributed by atoms with Crippen molar-refractivity contribution in [2.75, 3.05) is 11.9 Å². The summed E-state index contributed by atoms with van der Waals surface area (Å²) >= 11 is 5.80. The van der Waals surface area contributed by atoms with Crippen LogP contribution in [-0.2, 0) is 13.2 Å². The first-order valence-electron chi connectivity index (χ1n) is 8.87. The van der Waals surface area contributed by atoms with Gasteiger partial charge in [0, 0.05) is 12.2 Å². The fraction of sp³-hybridized carbons (Fsp3) is 0.182. The molecule has 0 saturated heterocycles. The van der Waals surface area contributed by atoms with Crippen LogP contribution in [0.1, 0.15) is 18.1 Å². The van der Waals surface area contributed by atoms with E-state index in [0.717, 1.165) is 16.8 Å². The van der Waals surface area contributed by atoms with Gasteiger partial charge in [-0.25, -0.2) is 8.78 Å². The Morgan fingerprint density at radius 3 is 2.32 bits per heavy atom. The van der Waals surface area contributed by atoms with Gasteiger partial charge in [-0.3, -0.25) is 0 Å². The fourth-order valence-corrected chi connectivity index (χ4v) is 2.78. The van der Waals surface area contributed by atoms with Gasteiger partial charge in [0.1, 0.15) is 18.2 Å². The lowest BCUT2D eigenvalue weighted by molar-refractivity contribution is 0.269. The second-order valence-corrected chi connectivity index (χ2v) is 6.52. The van der Waals surface area contributed by atoms with Crippen LogP contribution in [-0.4, -0.2) is 6.61 Å². The first kappa shape index (κ1) is 20.0. The summed E-state index contributed by atoms with van der Waals surface area (Å²) in [7, 11) is 0. The predicted octanol–water partition coefficient (Wildman–Crippen LogP) is 6.21. The van der Waals surface area contributed by atoms with Crippen molar-refractivity contribution >= 4 is 17.3 Å². The molecule has 0 aliphatic rings. The van der Waals surface area contributed by atoms with Gasteiger partial charge in [0.05, 0.1) is 11.6 Å². The van der Waals surface area contributed by atoms with Crippen LogP contribution in [0.4, 0.5) is 14.5 Å². The van der Waals surface area contributed by atoms with E-state index >= 15 is 0 Å². The average Bonchev–Trinajstić information content (AvgIpc) is 2.69. The average molecular weight is 404 g/mol. The smallest absolute Gasteiger partial charge is 0.161 e. The molecule has 146 valence electrons. The number of hydrogen-bond acceptors (Lipinski definition) is 3. The minimum Gasteiger partial charge on any atom is -0.490 e. The van der Waals surface area contributed by atoms with Crippen LogP contribution >= 0.6 is 11.6 Å². The normalized spacial score (nSPS) is 10.6. The molecule has 0 saturated carbocycles. The molecule has 3 nitrogen and oxygen atoms in total. The van der Waals surface area contributed by atoms with Crippen LogP contribution in [0.5, 0.6) is 11.5 Å². The topological polar surface area (TPSA) is 30.5 Å². The molecule has 28 heavy (non-hydrogen) atoms. The van der Waals surface area contributed by atoms with E-state index < -0.39 is 5.82 Å². The zero-order chi connectivity index (χ0) is 19.9. The molecule has 0 atom stereocenters. The van der Waals surface area contributed by atoms with E-state index in [4.69, 9.17) is 21.1 Å². The molecular weight excluding hydrogens is 384 g/mol. The molecule has 3 aromatic carbocycles. The van der Waals surface area contributed by atoms with Crippen molar-refractivity contribution in [3.8, 4) is 11.5 Å². The molecule has 0 amide bonds. The Kier molecular flexibility index (Phi) is 6.71. The Morgan fingerprint density at radius 2 is 1.61 bits per heavy atom. The Labute approximate surface area is 167 Å². The van der Waals surface area contributed by atoms with E-state index in [1.165, 1.54) is 18.2 Å². The minimum absolute atomic E-state index is 0.0737. The number of ether oxygens (including phenoxy) is 2. The monoisotopic (exact) mass is 403 g/mol. The highest BCUT2D eigenvalue weighted by atomic mass is 35.5. The third-order valence-electron chi connectivity index (χ3n) is 4.03. The summed E-state index contributed by atoms with van der Waals surface area (Å²) in [5, 5.41) is 3.27. The van der Waals surface area contributed by atoms with Crippen molar-refractivity contribution in [1.82, 2.24) is 0 Å². The zero-order valence-corrected chi connectivity index (χ0v) is 16.1. The van der Waals surface area contributed by atoms with Crippen molar-refractivity contribution in [3.05, 3.63) is 88.4 Å². The molecule has 3 rings (SSSR count). The number of benzene rings is 3. The lowest BCUT2D eigenvalue weighted by atomic mass is 10.2. The largest absolute Gasteiger partial charge is 0.490 e. The molecule has 0 radical (unpaired) electrons. The summed E-state index contributed by atoms with van der Waals surface area (Å²) in [6.07, 6.45) is 0. The number of nitrogens with one attached hydrogen (secondary N) is 1. The number of hydrogen-bond donors (Lipinski definition) is 1. The van der Waals surface area contributed by atoms with Gasteiger partial charge in [0.25, 0.3) is 0 Å². The lowest BCUT2D eigenvalue weighted by Gasteiger charge is -2.14. The molecule has 6 heteroatoms. The van der Waals surface area contributed by atoms with Gasteiger partial charge in [-0.1, -0.05) is 29.8 Å². The molecule has 0 unspecified atom stereocenters. The molecule has 0 heterocycles. The summed E-state index contributed by atoms with van der Waals surface area (Å²) in [6.45, 7) is 3.22. The summed E-state index contributed by atoms with van der Waals surface area (Å²) in [4.78, 5) is 0. The van der Waals surface area contributed by atoms with Gasteiger partial charge in [0.15, 0.2) is 11.5 Å².